The van der Waals surface area contributed by atoms with E-state index in [0.717, 1.165) is 19.4 Å². The van der Waals surface area contributed by atoms with Crippen molar-refractivity contribution in [1.82, 2.24) is 4.90 Å². The highest BCUT2D eigenvalue weighted by atomic mass is 35.5. The molecule has 1 aliphatic heterocycles. The summed E-state index contributed by atoms with van der Waals surface area (Å²) in [5.41, 5.74) is 5.85. The molecule has 14 heavy (non-hydrogen) atoms. The highest BCUT2D eigenvalue weighted by Crippen LogP contribution is 2.15. The van der Waals surface area contributed by atoms with Crippen LogP contribution in [0.5, 0.6) is 0 Å². The van der Waals surface area contributed by atoms with E-state index >= 15 is 0 Å². The molecule has 1 aromatic rings. The number of hydrogen-bond acceptors (Lipinski definition) is 3. The Kier molecular flexibility index (Phi) is 4.89. The van der Waals surface area contributed by atoms with Crippen molar-refractivity contribution in [3.05, 3.63) is 22.4 Å². The first-order valence-electron chi connectivity index (χ1n) is 4.85. The maximum Gasteiger partial charge on any atom is 0.0327 e. The maximum absolute atomic E-state index is 5.85. The third-order valence-corrected chi connectivity index (χ3v) is 3.45. The van der Waals surface area contributed by atoms with Gasteiger partial charge in [0, 0.05) is 17.5 Å². The zero-order valence-corrected chi connectivity index (χ0v) is 9.82. The minimum Gasteiger partial charge on any atom is -0.328 e. The third-order valence-electron chi connectivity index (χ3n) is 2.59. The van der Waals surface area contributed by atoms with Crippen LogP contribution in [0.1, 0.15) is 17.7 Å². The molecular formula is C10H17ClN2S. The van der Waals surface area contributed by atoms with Gasteiger partial charge in [0.1, 0.15) is 0 Å². The predicted octanol–water partition coefficient (Wildman–Crippen LogP) is 2.09. The summed E-state index contributed by atoms with van der Waals surface area (Å²) < 4.78 is 0. The fourth-order valence-corrected chi connectivity index (χ4v) is 2.48. The Hall–Kier alpha value is -0.0900. The lowest BCUT2D eigenvalue weighted by Crippen LogP contribution is -2.39. The van der Waals surface area contributed by atoms with E-state index in [4.69, 9.17) is 5.73 Å². The first-order chi connectivity index (χ1) is 6.34. The van der Waals surface area contributed by atoms with Crippen molar-refractivity contribution in [2.45, 2.75) is 25.4 Å². The first-order valence-corrected chi connectivity index (χ1v) is 5.73. The van der Waals surface area contributed by atoms with Crippen LogP contribution in [-0.2, 0) is 6.54 Å². The highest BCUT2D eigenvalue weighted by Gasteiger charge is 2.15. The van der Waals surface area contributed by atoms with Crippen LogP contribution < -0.4 is 5.73 Å². The van der Waals surface area contributed by atoms with Gasteiger partial charge < -0.3 is 5.73 Å². The van der Waals surface area contributed by atoms with E-state index < -0.39 is 0 Å². The average molecular weight is 233 g/mol. The molecule has 80 valence electrons. The van der Waals surface area contributed by atoms with Crippen molar-refractivity contribution >= 4 is 23.7 Å². The summed E-state index contributed by atoms with van der Waals surface area (Å²) >= 11 is 1.84. The van der Waals surface area contributed by atoms with Crippen molar-refractivity contribution in [2.75, 3.05) is 13.1 Å². The Labute approximate surface area is 95.5 Å². The molecule has 0 aliphatic carbocycles. The molecule has 0 unspecified atom stereocenters. The van der Waals surface area contributed by atoms with Gasteiger partial charge in [-0.05, 0) is 37.4 Å². The molecule has 2 heterocycles. The molecule has 1 saturated heterocycles. The second-order valence-electron chi connectivity index (χ2n) is 3.69. The Balaban J connectivity index is 0.000000980. The van der Waals surface area contributed by atoms with Crippen LogP contribution in [0.15, 0.2) is 17.5 Å². The van der Waals surface area contributed by atoms with E-state index in [1.807, 2.05) is 11.3 Å². The van der Waals surface area contributed by atoms with E-state index in [-0.39, 0.29) is 12.4 Å². The monoisotopic (exact) mass is 232 g/mol. The molecule has 0 radical (unpaired) electrons. The Bertz CT molecular complexity index is 243. The van der Waals surface area contributed by atoms with Crippen LogP contribution in [-0.4, -0.2) is 24.0 Å². The van der Waals surface area contributed by atoms with Gasteiger partial charge in [-0.1, -0.05) is 6.07 Å². The van der Waals surface area contributed by atoms with Crippen LogP contribution in [0, 0.1) is 0 Å². The Morgan fingerprint density at radius 2 is 2.14 bits per heavy atom. The first kappa shape index (κ1) is 12.0. The van der Waals surface area contributed by atoms with E-state index in [9.17, 15) is 0 Å². The number of hydrogen-bond donors (Lipinski definition) is 1. The number of halogens is 1. The number of piperidine rings is 1. The van der Waals surface area contributed by atoms with Crippen molar-refractivity contribution in [3.63, 3.8) is 0 Å². The van der Waals surface area contributed by atoms with E-state index in [0.29, 0.717) is 6.04 Å². The fourth-order valence-electron chi connectivity index (χ4n) is 1.73. The molecule has 0 saturated carbocycles. The topological polar surface area (TPSA) is 29.3 Å². The zero-order chi connectivity index (χ0) is 9.10. The molecule has 0 amide bonds. The van der Waals surface area contributed by atoms with Gasteiger partial charge >= 0.3 is 0 Å². The minimum absolute atomic E-state index is 0. The summed E-state index contributed by atoms with van der Waals surface area (Å²) in [6.45, 7) is 3.45. The lowest BCUT2D eigenvalue weighted by Gasteiger charge is -2.29. The lowest BCUT2D eigenvalue weighted by molar-refractivity contribution is 0.207. The standard InChI is InChI=1S/C10H16N2S.ClH/c11-9-3-5-12(6-4-9)8-10-2-1-7-13-10;/h1-2,7,9H,3-6,8,11H2;1H. The van der Waals surface area contributed by atoms with Crippen molar-refractivity contribution in [2.24, 2.45) is 5.73 Å². The van der Waals surface area contributed by atoms with Gasteiger partial charge in [-0.2, -0.15) is 0 Å². The van der Waals surface area contributed by atoms with Crippen molar-refractivity contribution in [3.8, 4) is 0 Å². The molecule has 0 spiro atoms. The number of thiophene rings is 1. The molecule has 0 atom stereocenters. The van der Waals surface area contributed by atoms with E-state index in [1.165, 1.54) is 18.0 Å². The van der Waals surface area contributed by atoms with Crippen LogP contribution in [0.3, 0.4) is 0 Å². The molecule has 4 heteroatoms. The van der Waals surface area contributed by atoms with Gasteiger partial charge in [-0.15, -0.1) is 23.7 Å². The summed E-state index contributed by atoms with van der Waals surface area (Å²) in [5, 5.41) is 2.14. The number of likely N-dealkylation sites (tertiary alicyclic amines) is 1. The van der Waals surface area contributed by atoms with Gasteiger partial charge in [0.2, 0.25) is 0 Å². The van der Waals surface area contributed by atoms with Gasteiger partial charge in [0.25, 0.3) is 0 Å². The second-order valence-corrected chi connectivity index (χ2v) is 4.73. The molecule has 1 fully saturated rings. The predicted molar refractivity (Wildman–Crippen MR) is 64.1 cm³/mol. The molecular weight excluding hydrogens is 216 g/mol. The SMILES string of the molecule is Cl.NC1CCN(Cc2cccs2)CC1. The number of rotatable bonds is 2. The molecule has 2 N–H and O–H groups in total. The van der Waals surface area contributed by atoms with Crippen LogP contribution in [0.2, 0.25) is 0 Å². The largest absolute Gasteiger partial charge is 0.328 e. The lowest BCUT2D eigenvalue weighted by atomic mass is 10.1. The number of nitrogens with two attached hydrogens (primary N) is 1. The number of nitrogens with zero attached hydrogens (tertiary/aromatic N) is 1. The second kappa shape index (κ2) is 5.71. The van der Waals surface area contributed by atoms with Crippen LogP contribution in [0.25, 0.3) is 0 Å². The molecule has 0 bridgehead atoms. The molecule has 2 nitrogen and oxygen atoms in total. The minimum atomic E-state index is 0. The van der Waals surface area contributed by atoms with Gasteiger partial charge in [0.15, 0.2) is 0 Å². The fraction of sp³-hybridized carbons (Fsp3) is 0.600. The highest BCUT2D eigenvalue weighted by molar-refractivity contribution is 7.09. The van der Waals surface area contributed by atoms with E-state index in [2.05, 4.69) is 22.4 Å². The third kappa shape index (κ3) is 3.24. The normalized spacial score (nSPS) is 19.2. The Morgan fingerprint density at radius 1 is 1.43 bits per heavy atom. The molecule has 1 aliphatic rings. The maximum atomic E-state index is 5.85. The Morgan fingerprint density at radius 3 is 2.71 bits per heavy atom. The van der Waals surface area contributed by atoms with E-state index in [1.54, 1.807) is 0 Å². The van der Waals surface area contributed by atoms with Crippen molar-refractivity contribution in [1.29, 1.82) is 0 Å². The quantitative estimate of drug-likeness (QED) is 0.846. The van der Waals surface area contributed by atoms with Crippen molar-refractivity contribution < 1.29 is 0 Å². The van der Waals surface area contributed by atoms with Gasteiger partial charge in [-0.3, -0.25) is 4.90 Å². The molecule has 1 aromatic heterocycles. The van der Waals surface area contributed by atoms with Crippen LogP contribution >= 0.6 is 23.7 Å². The summed E-state index contributed by atoms with van der Waals surface area (Å²) in [5.74, 6) is 0. The summed E-state index contributed by atoms with van der Waals surface area (Å²) in [6.07, 6.45) is 2.32. The summed E-state index contributed by atoms with van der Waals surface area (Å²) in [7, 11) is 0. The summed E-state index contributed by atoms with van der Waals surface area (Å²) in [6, 6.07) is 4.77. The van der Waals surface area contributed by atoms with Crippen LogP contribution in [0.4, 0.5) is 0 Å². The smallest absolute Gasteiger partial charge is 0.0327 e. The summed E-state index contributed by atoms with van der Waals surface area (Å²) in [4.78, 5) is 3.96. The average Bonchev–Trinajstić information content (AvgIpc) is 2.62. The van der Waals surface area contributed by atoms with Gasteiger partial charge in [0.05, 0.1) is 0 Å². The zero-order valence-electron chi connectivity index (χ0n) is 8.19. The van der Waals surface area contributed by atoms with Gasteiger partial charge in [-0.25, -0.2) is 0 Å². The molecule has 0 aromatic carbocycles. The molecule has 2 rings (SSSR count).